The molecule has 0 spiro atoms. The molecule has 2 fully saturated rings. The summed E-state index contributed by atoms with van der Waals surface area (Å²) in [5, 5.41) is 0. The van der Waals surface area contributed by atoms with Gasteiger partial charge in [-0.25, -0.2) is 0 Å². The Morgan fingerprint density at radius 3 is 2.32 bits per heavy atom. The summed E-state index contributed by atoms with van der Waals surface area (Å²) < 4.78 is 5.41. The summed E-state index contributed by atoms with van der Waals surface area (Å²) in [5.74, 6) is 0.177. The highest BCUT2D eigenvalue weighted by atomic mass is 16.5. The SMILES string of the molecule is CCCCCC(C)N1CCN(C(=O)c2ccc(CN3CCOCC3)cc2)CC1. The van der Waals surface area contributed by atoms with Crippen molar-refractivity contribution in [3.63, 3.8) is 0 Å². The lowest BCUT2D eigenvalue weighted by atomic mass is 10.1. The summed E-state index contributed by atoms with van der Waals surface area (Å²) >= 11 is 0. The first-order valence-electron chi connectivity index (χ1n) is 11.1. The van der Waals surface area contributed by atoms with E-state index in [-0.39, 0.29) is 5.91 Å². The molecule has 0 N–H and O–H groups in total. The molecule has 28 heavy (non-hydrogen) atoms. The Labute approximate surface area is 170 Å². The molecule has 2 heterocycles. The first-order chi connectivity index (χ1) is 13.7. The number of hydrogen-bond donors (Lipinski definition) is 0. The molecular formula is C23H37N3O2. The number of morpholine rings is 1. The highest BCUT2D eigenvalue weighted by Gasteiger charge is 2.24. The van der Waals surface area contributed by atoms with Gasteiger partial charge in [0.2, 0.25) is 0 Å². The number of benzene rings is 1. The number of unbranched alkanes of at least 4 members (excludes halogenated alkanes) is 2. The van der Waals surface area contributed by atoms with E-state index in [4.69, 9.17) is 4.74 Å². The van der Waals surface area contributed by atoms with Crippen molar-refractivity contribution in [1.29, 1.82) is 0 Å². The topological polar surface area (TPSA) is 36.0 Å². The maximum Gasteiger partial charge on any atom is 0.253 e. The maximum absolute atomic E-state index is 12.9. The van der Waals surface area contributed by atoms with Crippen molar-refractivity contribution in [3.05, 3.63) is 35.4 Å². The third-order valence-electron chi connectivity index (χ3n) is 6.16. The van der Waals surface area contributed by atoms with Crippen LogP contribution in [-0.4, -0.2) is 79.1 Å². The Balaban J connectivity index is 1.45. The minimum atomic E-state index is 0.177. The minimum absolute atomic E-state index is 0.177. The van der Waals surface area contributed by atoms with E-state index in [1.165, 1.54) is 31.2 Å². The number of carbonyl (C=O) groups is 1. The molecule has 1 atom stereocenters. The van der Waals surface area contributed by atoms with Gasteiger partial charge in [0.25, 0.3) is 5.91 Å². The number of piperazine rings is 1. The summed E-state index contributed by atoms with van der Waals surface area (Å²) in [7, 11) is 0. The molecule has 2 aliphatic heterocycles. The molecule has 0 aliphatic carbocycles. The third kappa shape index (κ3) is 6.03. The Bertz CT molecular complexity index is 590. The number of amides is 1. The molecule has 1 aromatic carbocycles. The third-order valence-corrected chi connectivity index (χ3v) is 6.16. The fraction of sp³-hybridized carbons (Fsp3) is 0.696. The first-order valence-corrected chi connectivity index (χ1v) is 11.1. The summed E-state index contributed by atoms with van der Waals surface area (Å²) in [6, 6.07) is 8.84. The van der Waals surface area contributed by atoms with Crippen molar-refractivity contribution >= 4 is 5.91 Å². The van der Waals surface area contributed by atoms with Crippen molar-refractivity contribution in [2.45, 2.75) is 52.1 Å². The molecule has 0 radical (unpaired) electrons. The number of hydrogen-bond acceptors (Lipinski definition) is 4. The second kappa shape index (κ2) is 10.9. The monoisotopic (exact) mass is 387 g/mol. The van der Waals surface area contributed by atoms with Gasteiger partial charge in [0.15, 0.2) is 0 Å². The highest BCUT2D eigenvalue weighted by molar-refractivity contribution is 5.94. The van der Waals surface area contributed by atoms with E-state index in [1.54, 1.807) is 0 Å². The van der Waals surface area contributed by atoms with E-state index in [9.17, 15) is 4.79 Å². The molecule has 156 valence electrons. The van der Waals surface area contributed by atoms with Crippen molar-refractivity contribution in [3.8, 4) is 0 Å². The van der Waals surface area contributed by atoms with Crippen LogP contribution in [0.15, 0.2) is 24.3 Å². The van der Waals surface area contributed by atoms with Crippen LogP contribution in [0.4, 0.5) is 0 Å². The van der Waals surface area contributed by atoms with Crippen LogP contribution in [0, 0.1) is 0 Å². The number of nitrogens with zero attached hydrogens (tertiary/aromatic N) is 3. The van der Waals surface area contributed by atoms with E-state index in [0.29, 0.717) is 6.04 Å². The predicted octanol–water partition coefficient (Wildman–Crippen LogP) is 3.25. The van der Waals surface area contributed by atoms with Gasteiger partial charge in [-0.3, -0.25) is 14.6 Å². The van der Waals surface area contributed by atoms with Crippen molar-refractivity contribution in [1.82, 2.24) is 14.7 Å². The van der Waals surface area contributed by atoms with Crippen LogP contribution < -0.4 is 0 Å². The van der Waals surface area contributed by atoms with Gasteiger partial charge in [-0.2, -0.15) is 0 Å². The summed E-state index contributed by atoms with van der Waals surface area (Å²) in [6.07, 6.45) is 5.19. The number of carbonyl (C=O) groups excluding carboxylic acids is 1. The lowest BCUT2D eigenvalue weighted by Crippen LogP contribution is -2.51. The molecule has 2 saturated heterocycles. The zero-order valence-electron chi connectivity index (χ0n) is 17.7. The van der Waals surface area contributed by atoms with Gasteiger partial charge in [0.05, 0.1) is 13.2 Å². The van der Waals surface area contributed by atoms with Crippen molar-refractivity contribution in [2.24, 2.45) is 0 Å². The van der Waals surface area contributed by atoms with Gasteiger partial charge in [0.1, 0.15) is 0 Å². The Kier molecular flexibility index (Phi) is 8.31. The zero-order valence-corrected chi connectivity index (χ0v) is 17.7. The Morgan fingerprint density at radius 1 is 1.00 bits per heavy atom. The molecule has 1 aromatic rings. The van der Waals surface area contributed by atoms with Crippen molar-refractivity contribution < 1.29 is 9.53 Å². The van der Waals surface area contributed by atoms with E-state index in [1.807, 2.05) is 17.0 Å². The molecule has 1 unspecified atom stereocenters. The smallest absolute Gasteiger partial charge is 0.253 e. The van der Waals surface area contributed by atoms with Crippen LogP contribution in [0.2, 0.25) is 0 Å². The second-order valence-electron chi connectivity index (χ2n) is 8.26. The van der Waals surface area contributed by atoms with E-state index in [2.05, 4.69) is 35.8 Å². The zero-order chi connectivity index (χ0) is 19.8. The normalized spacial score (nSPS) is 20.3. The Morgan fingerprint density at radius 2 is 1.68 bits per heavy atom. The van der Waals surface area contributed by atoms with Crippen LogP contribution >= 0.6 is 0 Å². The molecule has 3 rings (SSSR count). The fourth-order valence-electron chi connectivity index (χ4n) is 4.19. The van der Waals surface area contributed by atoms with E-state index >= 15 is 0 Å². The number of ether oxygens (including phenoxy) is 1. The standard InChI is InChI=1S/C23H37N3O2/c1-3-4-5-6-20(2)25-11-13-26(14-12-25)23(27)22-9-7-21(8-10-22)19-24-15-17-28-18-16-24/h7-10,20H,3-6,11-19H2,1-2H3. The van der Waals surface area contributed by atoms with Gasteiger partial charge >= 0.3 is 0 Å². The molecule has 5 nitrogen and oxygen atoms in total. The van der Waals surface area contributed by atoms with Crippen LogP contribution in [0.5, 0.6) is 0 Å². The summed E-state index contributed by atoms with van der Waals surface area (Å²) in [4.78, 5) is 19.8. The second-order valence-corrected chi connectivity index (χ2v) is 8.26. The van der Waals surface area contributed by atoms with Crippen LogP contribution in [-0.2, 0) is 11.3 Å². The summed E-state index contributed by atoms with van der Waals surface area (Å²) in [5.41, 5.74) is 2.08. The molecule has 0 aromatic heterocycles. The lowest BCUT2D eigenvalue weighted by Gasteiger charge is -2.38. The molecule has 0 saturated carbocycles. The minimum Gasteiger partial charge on any atom is -0.379 e. The van der Waals surface area contributed by atoms with Gasteiger partial charge in [-0.05, 0) is 31.0 Å². The van der Waals surface area contributed by atoms with Crippen molar-refractivity contribution in [2.75, 3.05) is 52.5 Å². The lowest BCUT2D eigenvalue weighted by molar-refractivity contribution is 0.0342. The molecule has 5 heteroatoms. The molecule has 2 aliphatic rings. The fourth-order valence-corrected chi connectivity index (χ4v) is 4.19. The largest absolute Gasteiger partial charge is 0.379 e. The van der Waals surface area contributed by atoms with Crippen LogP contribution in [0.3, 0.4) is 0 Å². The first kappa shape index (κ1) is 21.3. The average molecular weight is 388 g/mol. The van der Waals surface area contributed by atoms with Gasteiger partial charge in [0, 0.05) is 57.4 Å². The van der Waals surface area contributed by atoms with Gasteiger partial charge < -0.3 is 9.64 Å². The summed E-state index contributed by atoms with van der Waals surface area (Å²) in [6.45, 7) is 12.8. The predicted molar refractivity (Wildman–Crippen MR) is 114 cm³/mol. The quantitative estimate of drug-likeness (QED) is 0.642. The molecular weight excluding hydrogens is 350 g/mol. The Hall–Kier alpha value is -1.43. The highest BCUT2D eigenvalue weighted by Crippen LogP contribution is 2.16. The van der Waals surface area contributed by atoms with Gasteiger partial charge in [-0.1, -0.05) is 38.3 Å². The average Bonchev–Trinajstić information content (AvgIpc) is 2.75. The van der Waals surface area contributed by atoms with Crippen LogP contribution in [0.25, 0.3) is 0 Å². The van der Waals surface area contributed by atoms with E-state index in [0.717, 1.165) is 64.6 Å². The molecule has 1 amide bonds. The van der Waals surface area contributed by atoms with Crippen LogP contribution in [0.1, 0.15) is 55.5 Å². The van der Waals surface area contributed by atoms with E-state index < -0.39 is 0 Å². The number of rotatable bonds is 8. The molecule has 0 bridgehead atoms. The van der Waals surface area contributed by atoms with Gasteiger partial charge in [-0.15, -0.1) is 0 Å². The maximum atomic E-state index is 12.9.